The molecule has 2 aliphatic rings. The van der Waals surface area contributed by atoms with Crippen molar-refractivity contribution in [3.05, 3.63) is 68.4 Å². The van der Waals surface area contributed by atoms with Crippen LogP contribution in [0.25, 0.3) is 5.70 Å². The third-order valence-electron chi connectivity index (χ3n) is 5.77. The number of amides is 2. The molecule has 0 unspecified atom stereocenters. The van der Waals surface area contributed by atoms with E-state index in [1.54, 1.807) is 7.05 Å². The monoisotopic (exact) mass is 445 g/mol. The summed E-state index contributed by atoms with van der Waals surface area (Å²) in [6.07, 6.45) is 1.39. The maximum atomic E-state index is 13.4. The molecule has 0 aliphatic carbocycles. The van der Waals surface area contributed by atoms with Crippen molar-refractivity contribution in [2.45, 2.75) is 25.8 Å². The first-order valence-electron chi connectivity index (χ1n) is 9.88. The minimum absolute atomic E-state index is 0.0584. The van der Waals surface area contributed by atoms with Crippen LogP contribution >= 0.6 is 11.6 Å². The Morgan fingerprint density at radius 3 is 2.61 bits per heavy atom. The highest BCUT2D eigenvalue weighted by molar-refractivity contribution is 6.30. The Labute approximate surface area is 182 Å². The predicted octanol–water partition coefficient (Wildman–Crippen LogP) is 2.88. The second-order valence-electron chi connectivity index (χ2n) is 7.81. The van der Waals surface area contributed by atoms with Crippen molar-refractivity contribution < 1.29 is 19.1 Å². The summed E-state index contributed by atoms with van der Waals surface area (Å²) in [5, 5.41) is 10.6. The molecule has 3 heterocycles. The Balaban J connectivity index is 1.81. The van der Waals surface area contributed by atoms with Crippen LogP contribution in [-0.4, -0.2) is 51.4 Å². The van der Waals surface area contributed by atoms with Gasteiger partial charge in [-0.15, -0.1) is 0 Å². The topological polar surface area (TPSA) is 82.9 Å². The lowest BCUT2D eigenvalue weighted by atomic mass is 9.94. The van der Waals surface area contributed by atoms with Crippen molar-refractivity contribution >= 4 is 29.1 Å². The van der Waals surface area contributed by atoms with Crippen LogP contribution in [0.15, 0.2) is 29.6 Å². The molecular formula is C22H21ClFN3O4. The minimum Gasteiger partial charge on any atom is -0.502 e. The Morgan fingerprint density at radius 2 is 1.90 bits per heavy atom. The zero-order valence-corrected chi connectivity index (χ0v) is 17.7. The number of nitrogens with zero attached hydrogens (tertiary/aromatic N) is 3. The Hall–Kier alpha value is -3.13. The van der Waals surface area contributed by atoms with Gasteiger partial charge in [0.25, 0.3) is 17.4 Å². The molecule has 0 radical (unpaired) electrons. The molecule has 162 valence electrons. The molecule has 2 amide bonds. The lowest BCUT2D eigenvalue weighted by Crippen LogP contribution is -2.43. The van der Waals surface area contributed by atoms with Gasteiger partial charge in [-0.25, -0.2) is 4.39 Å². The second-order valence-corrected chi connectivity index (χ2v) is 8.22. The largest absolute Gasteiger partial charge is 0.502 e. The maximum Gasteiger partial charge on any atom is 0.298 e. The van der Waals surface area contributed by atoms with Crippen molar-refractivity contribution in [1.29, 1.82) is 0 Å². The highest BCUT2D eigenvalue weighted by Crippen LogP contribution is 2.32. The molecule has 9 heteroatoms. The van der Waals surface area contributed by atoms with Gasteiger partial charge in [0.15, 0.2) is 5.75 Å². The van der Waals surface area contributed by atoms with Gasteiger partial charge in [-0.2, -0.15) is 0 Å². The van der Waals surface area contributed by atoms with Crippen molar-refractivity contribution in [2.24, 2.45) is 0 Å². The van der Waals surface area contributed by atoms with Gasteiger partial charge in [-0.05, 0) is 37.0 Å². The van der Waals surface area contributed by atoms with Crippen molar-refractivity contribution in [3.8, 4) is 5.75 Å². The van der Waals surface area contributed by atoms with Gasteiger partial charge in [0.2, 0.25) is 0 Å². The number of aromatic hydroxyl groups is 1. The molecule has 2 aromatic rings. The van der Waals surface area contributed by atoms with Crippen LogP contribution in [0.5, 0.6) is 5.75 Å². The SMILES string of the molecule is C=C1CCCN(C)C(=O)c2c3c(c(O)c(=O)n21)C(=O)N(Cc1ccc(F)c(Cl)c1)CC3. The van der Waals surface area contributed by atoms with E-state index in [4.69, 9.17) is 11.6 Å². The molecule has 0 bridgehead atoms. The Morgan fingerprint density at radius 1 is 1.16 bits per heavy atom. The van der Waals surface area contributed by atoms with Crippen LogP contribution in [-0.2, 0) is 13.0 Å². The Kier molecular flexibility index (Phi) is 5.35. The highest BCUT2D eigenvalue weighted by Gasteiger charge is 2.36. The first-order valence-corrected chi connectivity index (χ1v) is 10.3. The van der Waals surface area contributed by atoms with Crippen molar-refractivity contribution in [1.82, 2.24) is 14.4 Å². The smallest absolute Gasteiger partial charge is 0.298 e. The summed E-state index contributed by atoms with van der Waals surface area (Å²) < 4.78 is 14.6. The highest BCUT2D eigenvalue weighted by atomic mass is 35.5. The molecular weight excluding hydrogens is 425 g/mol. The van der Waals surface area contributed by atoms with E-state index in [1.165, 1.54) is 28.0 Å². The van der Waals surface area contributed by atoms with E-state index in [0.29, 0.717) is 36.2 Å². The number of aromatic nitrogens is 1. The van der Waals surface area contributed by atoms with Crippen LogP contribution < -0.4 is 5.56 Å². The van der Waals surface area contributed by atoms with E-state index in [-0.39, 0.29) is 41.7 Å². The van der Waals surface area contributed by atoms with Gasteiger partial charge in [0.1, 0.15) is 11.5 Å². The van der Waals surface area contributed by atoms with Gasteiger partial charge in [-0.3, -0.25) is 19.0 Å². The van der Waals surface area contributed by atoms with Gasteiger partial charge in [0.05, 0.1) is 10.6 Å². The fourth-order valence-electron chi connectivity index (χ4n) is 4.14. The summed E-state index contributed by atoms with van der Waals surface area (Å²) in [6.45, 7) is 4.79. The van der Waals surface area contributed by atoms with Crippen molar-refractivity contribution in [3.63, 3.8) is 0 Å². The van der Waals surface area contributed by atoms with Gasteiger partial charge >= 0.3 is 0 Å². The molecule has 0 saturated carbocycles. The fraction of sp³-hybridized carbons (Fsp3) is 0.318. The lowest BCUT2D eigenvalue weighted by Gasteiger charge is -2.33. The Bertz CT molecular complexity index is 1190. The molecule has 7 nitrogen and oxygen atoms in total. The van der Waals surface area contributed by atoms with Crippen LogP contribution in [0.4, 0.5) is 4.39 Å². The summed E-state index contributed by atoms with van der Waals surface area (Å²) in [5.41, 5.74) is 0.455. The van der Waals surface area contributed by atoms with Gasteiger partial charge in [-0.1, -0.05) is 24.2 Å². The molecule has 4 rings (SSSR count). The summed E-state index contributed by atoms with van der Waals surface area (Å²) >= 11 is 5.83. The number of rotatable bonds is 2. The predicted molar refractivity (Wildman–Crippen MR) is 114 cm³/mol. The van der Waals surface area contributed by atoms with E-state index in [1.807, 2.05) is 0 Å². The number of carbonyl (C=O) groups excluding carboxylic acids is 2. The quantitative estimate of drug-likeness (QED) is 0.770. The summed E-state index contributed by atoms with van der Waals surface area (Å²) in [7, 11) is 1.64. The third-order valence-corrected chi connectivity index (χ3v) is 6.06. The molecule has 1 aromatic heterocycles. The molecule has 0 fully saturated rings. The van der Waals surface area contributed by atoms with Crippen LogP contribution in [0.3, 0.4) is 0 Å². The first-order chi connectivity index (χ1) is 14.7. The van der Waals surface area contributed by atoms with Crippen LogP contribution in [0.1, 0.15) is 44.8 Å². The number of benzene rings is 1. The molecule has 1 aromatic carbocycles. The molecule has 0 atom stereocenters. The molecule has 0 saturated heterocycles. The van der Waals surface area contributed by atoms with E-state index in [0.717, 1.165) is 4.57 Å². The first kappa shape index (κ1) is 21.1. The van der Waals surface area contributed by atoms with Crippen LogP contribution in [0, 0.1) is 5.82 Å². The normalized spacial score (nSPS) is 16.7. The number of allylic oxidation sites excluding steroid dienone is 1. The van der Waals surface area contributed by atoms with Gasteiger partial charge in [0, 0.05) is 37.9 Å². The molecule has 2 aliphatic heterocycles. The summed E-state index contributed by atoms with van der Waals surface area (Å²) in [6, 6.07) is 4.16. The molecule has 31 heavy (non-hydrogen) atoms. The minimum atomic E-state index is -0.831. The number of pyridine rings is 1. The lowest BCUT2D eigenvalue weighted by molar-refractivity contribution is 0.0718. The number of hydrogen-bond donors (Lipinski definition) is 1. The average Bonchev–Trinajstić information content (AvgIpc) is 2.73. The van der Waals surface area contributed by atoms with Crippen LogP contribution in [0.2, 0.25) is 5.02 Å². The summed E-state index contributed by atoms with van der Waals surface area (Å²) in [4.78, 5) is 42.2. The fourth-order valence-corrected chi connectivity index (χ4v) is 4.34. The standard InChI is InChI=1S/C22H21ClFN3O4/c1-12-4-3-8-25(2)21(30)18-14-7-9-26(11-13-5-6-16(24)15(23)10-13)20(29)17(14)19(28)22(31)27(12)18/h5-6,10,28H,1,3-4,7-9,11H2,2H3. The molecule has 1 N–H and O–H groups in total. The number of carbonyl (C=O) groups is 2. The van der Waals surface area contributed by atoms with E-state index < -0.39 is 23.0 Å². The number of fused-ring (bicyclic) bond motifs is 3. The van der Waals surface area contributed by atoms with Gasteiger partial charge < -0.3 is 14.9 Å². The third kappa shape index (κ3) is 3.50. The zero-order chi connectivity index (χ0) is 22.4. The van der Waals surface area contributed by atoms with E-state index >= 15 is 0 Å². The number of halogens is 2. The van der Waals surface area contributed by atoms with E-state index in [9.17, 15) is 23.9 Å². The zero-order valence-electron chi connectivity index (χ0n) is 17.0. The van der Waals surface area contributed by atoms with E-state index in [2.05, 4.69) is 6.58 Å². The maximum absolute atomic E-state index is 13.4. The average molecular weight is 446 g/mol. The molecule has 0 spiro atoms. The summed E-state index contributed by atoms with van der Waals surface area (Å²) in [5.74, 6) is -2.21. The second kappa shape index (κ2) is 7.85. The van der Waals surface area contributed by atoms with Crippen molar-refractivity contribution in [2.75, 3.05) is 20.1 Å². The number of hydrogen-bond acceptors (Lipinski definition) is 4.